The van der Waals surface area contributed by atoms with Gasteiger partial charge < -0.3 is 5.32 Å². The van der Waals surface area contributed by atoms with Crippen molar-refractivity contribution in [3.8, 4) is 0 Å². The van der Waals surface area contributed by atoms with Gasteiger partial charge in [0, 0.05) is 23.7 Å². The molecule has 1 aliphatic rings. The first-order valence-electron chi connectivity index (χ1n) is 6.42. The Labute approximate surface area is 95.4 Å². The lowest BCUT2D eigenvalue weighted by molar-refractivity contribution is 0.112. The third-order valence-corrected chi connectivity index (χ3v) is 3.90. The maximum atomic E-state index is 3.74. The first kappa shape index (κ1) is 13.0. The van der Waals surface area contributed by atoms with Crippen molar-refractivity contribution in [2.75, 3.05) is 6.54 Å². The van der Waals surface area contributed by atoms with E-state index in [2.05, 4.69) is 51.8 Å². The first-order valence-corrected chi connectivity index (χ1v) is 6.42. The zero-order chi connectivity index (χ0) is 11.6. The summed E-state index contributed by atoms with van der Waals surface area (Å²) in [5, 5.41) is 3.74. The molecule has 0 aromatic heterocycles. The molecule has 3 atom stereocenters. The van der Waals surface area contributed by atoms with Crippen LogP contribution in [0.4, 0.5) is 0 Å². The monoisotopic (exact) mass is 212 g/mol. The average molecular weight is 212 g/mol. The maximum absolute atomic E-state index is 3.74. The van der Waals surface area contributed by atoms with Crippen molar-refractivity contribution in [1.29, 1.82) is 0 Å². The van der Waals surface area contributed by atoms with Crippen LogP contribution in [0.15, 0.2) is 0 Å². The van der Waals surface area contributed by atoms with E-state index in [-0.39, 0.29) is 5.54 Å². The number of hydrogen-bond acceptors (Lipinski definition) is 2. The third-order valence-electron chi connectivity index (χ3n) is 3.90. The largest absolute Gasteiger partial charge is 0.308 e. The van der Waals surface area contributed by atoms with Gasteiger partial charge in [-0.1, -0.05) is 6.92 Å². The van der Waals surface area contributed by atoms with E-state index in [9.17, 15) is 0 Å². The Morgan fingerprint density at radius 3 is 2.40 bits per heavy atom. The summed E-state index contributed by atoms with van der Waals surface area (Å²) in [4.78, 5) is 2.66. The maximum Gasteiger partial charge on any atom is 0.0280 e. The summed E-state index contributed by atoms with van der Waals surface area (Å²) in [7, 11) is 0. The van der Waals surface area contributed by atoms with E-state index >= 15 is 0 Å². The second kappa shape index (κ2) is 4.84. The van der Waals surface area contributed by atoms with Gasteiger partial charge in [-0.3, -0.25) is 4.90 Å². The Balaban J connectivity index is 2.84. The van der Waals surface area contributed by atoms with Gasteiger partial charge in [0.05, 0.1) is 0 Å². The fraction of sp³-hybridized carbons (Fsp3) is 1.00. The van der Waals surface area contributed by atoms with Crippen LogP contribution in [-0.2, 0) is 0 Å². The van der Waals surface area contributed by atoms with Gasteiger partial charge in [0.25, 0.3) is 0 Å². The molecule has 0 saturated carbocycles. The van der Waals surface area contributed by atoms with Crippen molar-refractivity contribution in [1.82, 2.24) is 10.2 Å². The quantitative estimate of drug-likeness (QED) is 0.757. The molecule has 0 amide bonds. The predicted octanol–water partition coefficient (Wildman–Crippen LogP) is 2.64. The molecule has 0 aliphatic carbocycles. The minimum absolute atomic E-state index is 0.222. The minimum Gasteiger partial charge on any atom is -0.308 e. The van der Waals surface area contributed by atoms with Gasteiger partial charge in [-0.2, -0.15) is 0 Å². The molecule has 0 bridgehead atoms. The van der Waals surface area contributed by atoms with E-state index < -0.39 is 0 Å². The lowest BCUT2D eigenvalue weighted by Crippen LogP contribution is -2.55. The van der Waals surface area contributed by atoms with Crippen molar-refractivity contribution >= 4 is 0 Å². The van der Waals surface area contributed by atoms with Gasteiger partial charge in [-0.05, 0) is 54.0 Å². The van der Waals surface area contributed by atoms with Crippen LogP contribution in [-0.4, -0.2) is 35.1 Å². The van der Waals surface area contributed by atoms with E-state index in [1.807, 2.05) is 0 Å². The Morgan fingerprint density at radius 1 is 1.27 bits per heavy atom. The molecule has 0 spiro atoms. The normalized spacial score (nSPS) is 37.6. The summed E-state index contributed by atoms with van der Waals surface area (Å²) in [6, 6.07) is 1.93. The van der Waals surface area contributed by atoms with Crippen LogP contribution in [0.5, 0.6) is 0 Å². The zero-order valence-electron chi connectivity index (χ0n) is 11.3. The van der Waals surface area contributed by atoms with Crippen LogP contribution in [0.1, 0.15) is 54.4 Å². The molecule has 1 aliphatic heterocycles. The van der Waals surface area contributed by atoms with Crippen LogP contribution < -0.4 is 5.32 Å². The third kappa shape index (κ3) is 2.94. The van der Waals surface area contributed by atoms with Crippen LogP contribution in [0.25, 0.3) is 0 Å². The number of hydrogen-bond donors (Lipinski definition) is 1. The van der Waals surface area contributed by atoms with Gasteiger partial charge >= 0.3 is 0 Å². The Morgan fingerprint density at radius 2 is 1.87 bits per heavy atom. The molecule has 1 saturated heterocycles. The van der Waals surface area contributed by atoms with Crippen molar-refractivity contribution in [3.05, 3.63) is 0 Å². The molecule has 2 heteroatoms. The highest BCUT2D eigenvalue weighted by molar-refractivity contribution is 4.97. The summed E-state index contributed by atoms with van der Waals surface area (Å²) in [5.41, 5.74) is 0.222. The topological polar surface area (TPSA) is 15.3 Å². The minimum atomic E-state index is 0.222. The number of nitrogens with zero attached hydrogens (tertiary/aromatic N) is 1. The molecule has 1 fully saturated rings. The number of rotatable bonds is 2. The fourth-order valence-corrected chi connectivity index (χ4v) is 2.93. The summed E-state index contributed by atoms with van der Waals surface area (Å²) in [6.07, 6.45) is 2.51. The van der Waals surface area contributed by atoms with Crippen LogP contribution in [0.2, 0.25) is 0 Å². The van der Waals surface area contributed by atoms with E-state index in [1.165, 1.54) is 19.4 Å². The van der Waals surface area contributed by atoms with Gasteiger partial charge in [0.1, 0.15) is 0 Å². The van der Waals surface area contributed by atoms with Gasteiger partial charge in [0.2, 0.25) is 0 Å². The Bertz CT molecular complexity index is 201. The standard InChI is InChI=1S/C13H28N2/c1-7-8-15-11(3)9-10(2)14-13(5,6)12(15)4/h10-12,14H,7-9H2,1-6H3. The van der Waals surface area contributed by atoms with Gasteiger partial charge in [-0.25, -0.2) is 0 Å². The van der Waals surface area contributed by atoms with E-state index in [0.717, 1.165) is 0 Å². The molecule has 2 nitrogen and oxygen atoms in total. The fourth-order valence-electron chi connectivity index (χ4n) is 2.93. The van der Waals surface area contributed by atoms with Crippen LogP contribution >= 0.6 is 0 Å². The molecule has 15 heavy (non-hydrogen) atoms. The predicted molar refractivity (Wildman–Crippen MR) is 67.2 cm³/mol. The number of nitrogens with one attached hydrogen (secondary N) is 1. The van der Waals surface area contributed by atoms with Crippen molar-refractivity contribution in [3.63, 3.8) is 0 Å². The van der Waals surface area contributed by atoms with Crippen molar-refractivity contribution in [2.45, 2.75) is 78.0 Å². The van der Waals surface area contributed by atoms with Crippen molar-refractivity contribution < 1.29 is 0 Å². The molecular weight excluding hydrogens is 184 g/mol. The highest BCUT2D eigenvalue weighted by atomic mass is 15.2. The smallest absolute Gasteiger partial charge is 0.0280 e. The van der Waals surface area contributed by atoms with Crippen molar-refractivity contribution in [2.24, 2.45) is 0 Å². The molecule has 3 unspecified atom stereocenters. The van der Waals surface area contributed by atoms with E-state index in [0.29, 0.717) is 18.1 Å². The summed E-state index contributed by atoms with van der Waals surface area (Å²) in [6.45, 7) is 15.2. The Kier molecular flexibility index (Phi) is 4.19. The molecule has 1 N–H and O–H groups in total. The highest BCUT2D eigenvalue weighted by Gasteiger charge is 2.36. The lowest BCUT2D eigenvalue weighted by atomic mass is 9.94. The second-order valence-corrected chi connectivity index (χ2v) is 5.77. The van der Waals surface area contributed by atoms with E-state index in [4.69, 9.17) is 0 Å². The molecule has 1 heterocycles. The molecule has 0 aromatic rings. The molecular formula is C13H28N2. The first-order chi connectivity index (χ1) is 6.88. The molecule has 0 radical (unpaired) electrons. The van der Waals surface area contributed by atoms with Gasteiger partial charge in [-0.15, -0.1) is 0 Å². The molecule has 1 rings (SSSR count). The summed E-state index contributed by atoms with van der Waals surface area (Å²) in [5.74, 6) is 0. The Hall–Kier alpha value is -0.0800. The average Bonchev–Trinajstić information content (AvgIpc) is 2.16. The molecule has 90 valence electrons. The summed E-state index contributed by atoms with van der Waals surface area (Å²) >= 11 is 0. The second-order valence-electron chi connectivity index (χ2n) is 5.77. The summed E-state index contributed by atoms with van der Waals surface area (Å²) < 4.78 is 0. The molecule has 0 aromatic carbocycles. The highest BCUT2D eigenvalue weighted by Crippen LogP contribution is 2.25. The zero-order valence-corrected chi connectivity index (χ0v) is 11.3. The van der Waals surface area contributed by atoms with E-state index in [1.54, 1.807) is 0 Å². The van der Waals surface area contributed by atoms with Crippen LogP contribution in [0.3, 0.4) is 0 Å². The SMILES string of the molecule is CCCN1C(C)CC(C)NC(C)(C)C1C. The lowest BCUT2D eigenvalue weighted by Gasteiger charge is -2.40. The van der Waals surface area contributed by atoms with Crippen LogP contribution in [0, 0.1) is 0 Å². The van der Waals surface area contributed by atoms with Gasteiger partial charge in [0.15, 0.2) is 0 Å².